The number of benzene rings is 1. The number of likely N-dealkylation sites (N-methyl/N-ethyl adjacent to an activating group) is 1. The second-order valence-corrected chi connectivity index (χ2v) is 10.8. The van der Waals surface area contributed by atoms with Crippen LogP contribution in [0.1, 0.15) is 38.6 Å². The highest BCUT2D eigenvalue weighted by Gasteiger charge is 2.35. The second-order valence-electron chi connectivity index (χ2n) is 10.8. The van der Waals surface area contributed by atoms with Crippen LogP contribution in [0.15, 0.2) is 49.2 Å². The quantitative estimate of drug-likeness (QED) is 0.318. The van der Waals surface area contributed by atoms with Crippen LogP contribution in [0.5, 0.6) is 0 Å². The van der Waals surface area contributed by atoms with Crippen LogP contribution in [-0.2, 0) is 6.18 Å². The second kappa shape index (κ2) is 10.9. The lowest BCUT2D eigenvalue weighted by atomic mass is 10.00. The number of hydrogen-bond acceptors (Lipinski definition) is 9. The maximum absolute atomic E-state index is 14.0. The van der Waals surface area contributed by atoms with E-state index in [1.165, 1.54) is 13.1 Å². The predicted octanol–water partition coefficient (Wildman–Crippen LogP) is 3.90. The van der Waals surface area contributed by atoms with Crippen LogP contribution >= 0.6 is 0 Å². The van der Waals surface area contributed by atoms with Crippen molar-refractivity contribution in [3.63, 3.8) is 0 Å². The number of pyridine rings is 1. The molecular weight excluding hydrogens is 561 g/mol. The van der Waals surface area contributed by atoms with E-state index in [1.54, 1.807) is 29.5 Å². The highest BCUT2D eigenvalue weighted by atomic mass is 19.4. The Morgan fingerprint density at radius 3 is 2.47 bits per heavy atom. The van der Waals surface area contributed by atoms with E-state index in [1.807, 2.05) is 42.6 Å². The van der Waals surface area contributed by atoms with Crippen LogP contribution < -0.4 is 26.2 Å². The third-order valence-corrected chi connectivity index (χ3v) is 7.74. The number of amides is 1. The standard InChI is InChI=1S/C29H31F3N10O/c1-17-15-41-26(13-35-27(41)14-33-17)23-16-42(38-37-23)25-11-21(12-34-19(25)3)36-28(43)20-9-22(29(30,31)32)18(2)24(10-20)40-7-5-39(4)6-8-40/h9-16,37-38H,5-8H2,1-4H3,(H,36,43). The lowest BCUT2D eigenvalue weighted by Crippen LogP contribution is -2.45. The average Bonchev–Trinajstić information content (AvgIpc) is 3.61. The Hall–Kier alpha value is -4.69. The van der Waals surface area contributed by atoms with Crippen molar-refractivity contribution in [3.8, 4) is 0 Å². The highest BCUT2D eigenvalue weighted by molar-refractivity contribution is 6.05. The summed E-state index contributed by atoms with van der Waals surface area (Å²) in [7, 11) is 1.97. The Morgan fingerprint density at radius 2 is 1.72 bits per heavy atom. The van der Waals surface area contributed by atoms with Gasteiger partial charge in [0.05, 0.1) is 64.5 Å². The maximum Gasteiger partial charge on any atom is 0.416 e. The number of carbonyl (C=O) groups excluding carboxylic acids is 1. The van der Waals surface area contributed by atoms with Crippen LogP contribution in [0.2, 0.25) is 0 Å². The van der Waals surface area contributed by atoms with Gasteiger partial charge in [0.25, 0.3) is 5.91 Å². The number of nitrogens with one attached hydrogen (secondary N) is 3. The van der Waals surface area contributed by atoms with Crippen molar-refractivity contribution < 1.29 is 18.0 Å². The van der Waals surface area contributed by atoms with E-state index < -0.39 is 17.6 Å². The van der Waals surface area contributed by atoms with Gasteiger partial charge in [-0.1, -0.05) is 0 Å². The van der Waals surface area contributed by atoms with Crippen LogP contribution in [0.3, 0.4) is 0 Å². The molecule has 4 aromatic rings. The van der Waals surface area contributed by atoms with E-state index in [0.29, 0.717) is 41.5 Å². The average molecular weight is 593 g/mol. The third kappa shape index (κ3) is 5.58. The minimum Gasteiger partial charge on any atom is -0.369 e. The molecule has 0 atom stereocenters. The SMILES string of the molecule is Cc1cn2c(C3=CN(c4cc(NC(=O)c5cc(N6CCN(C)CC6)c(C)c(C(F)(F)F)c5)cnc4C)NN3)cnc2cn1. The Morgan fingerprint density at radius 1 is 0.953 bits per heavy atom. The topological polar surface area (TPSA) is 106 Å². The zero-order valence-electron chi connectivity index (χ0n) is 24.1. The van der Waals surface area contributed by atoms with Crippen molar-refractivity contribution in [1.29, 1.82) is 0 Å². The van der Waals surface area contributed by atoms with Crippen LogP contribution in [0.4, 0.5) is 30.2 Å². The fourth-order valence-corrected chi connectivity index (χ4v) is 5.30. The zero-order valence-corrected chi connectivity index (χ0v) is 24.1. The largest absolute Gasteiger partial charge is 0.416 e. The summed E-state index contributed by atoms with van der Waals surface area (Å²) in [5.74, 6) is -0.657. The normalized spacial score (nSPS) is 16.0. The molecule has 2 aliphatic rings. The Balaban J connectivity index is 1.27. The van der Waals surface area contributed by atoms with Gasteiger partial charge in [-0.05, 0) is 51.6 Å². The molecule has 2 aliphatic heterocycles. The summed E-state index contributed by atoms with van der Waals surface area (Å²) in [4.78, 5) is 30.5. The van der Waals surface area contributed by atoms with Crippen LogP contribution in [0, 0.1) is 20.8 Å². The van der Waals surface area contributed by atoms with Gasteiger partial charge in [-0.15, -0.1) is 5.53 Å². The molecule has 1 saturated heterocycles. The molecule has 3 N–H and O–H groups in total. The summed E-state index contributed by atoms with van der Waals surface area (Å²) in [6.07, 6.45) is 4.01. The molecule has 3 aromatic heterocycles. The number of hydrogen-bond donors (Lipinski definition) is 3. The molecule has 43 heavy (non-hydrogen) atoms. The molecule has 0 bridgehead atoms. The lowest BCUT2D eigenvalue weighted by molar-refractivity contribution is -0.138. The first-order valence-corrected chi connectivity index (χ1v) is 13.7. The summed E-state index contributed by atoms with van der Waals surface area (Å²) < 4.78 is 44.0. The zero-order chi connectivity index (χ0) is 30.5. The molecule has 0 radical (unpaired) electrons. The van der Waals surface area contributed by atoms with Gasteiger partial charge in [-0.25, -0.2) is 4.98 Å². The molecule has 0 unspecified atom stereocenters. The van der Waals surface area contributed by atoms with Gasteiger partial charge in [0.2, 0.25) is 0 Å². The predicted molar refractivity (Wildman–Crippen MR) is 157 cm³/mol. The van der Waals surface area contributed by atoms with E-state index in [4.69, 9.17) is 0 Å². The summed E-state index contributed by atoms with van der Waals surface area (Å²) >= 11 is 0. The summed E-state index contributed by atoms with van der Waals surface area (Å²) in [6.45, 7) is 7.75. The Kier molecular flexibility index (Phi) is 7.18. The van der Waals surface area contributed by atoms with Crippen molar-refractivity contribution in [2.75, 3.05) is 48.5 Å². The van der Waals surface area contributed by atoms with E-state index in [-0.39, 0.29) is 11.1 Å². The lowest BCUT2D eigenvalue weighted by Gasteiger charge is -2.35. The minimum atomic E-state index is -4.60. The number of alkyl halides is 3. The van der Waals surface area contributed by atoms with Gasteiger partial charge in [0.15, 0.2) is 5.65 Å². The molecule has 0 spiro atoms. The molecule has 0 saturated carbocycles. The number of halogens is 3. The number of hydrazine groups is 2. The fourth-order valence-electron chi connectivity index (χ4n) is 5.30. The Bertz CT molecular complexity index is 1740. The number of fused-ring (bicyclic) bond motifs is 1. The summed E-state index contributed by atoms with van der Waals surface area (Å²) in [5.41, 5.74) is 10.5. The number of carbonyl (C=O) groups is 1. The smallest absolute Gasteiger partial charge is 0.369 e. The molecule has 14 heteroatoms. The molecular formula is C29H31F3N10O. The molecule has 1 amide bonds. The monoisotopic (exact) mass is 592 g/mol. The van der Waals surface area contributed by atoms with E-state index in [2.05, 4.69) is 36.1 Å². The molecule has 224 valence electrons. The number of aromatic nitrogens is 4. The highest BCUT2D eigenvalue weighted by Crippen LogP contribution is 2.37. The summed E-state index contributed by atoms with van der Waals surface area (Å²) in [6, 6.07) is 4.17. The van der Waals surface area contributed by atoms with E-state index >= 15 is 0 Å². The van der Waals surface area contributed by atoms with Crippen LogP contribution in [-0.4, -0.2) is 63.4 Å². The molecule has 11 nitrogen and oxygen atoms in total. The number of nitrogens with zero attached hydrogens (tertiary/aromatic N) is 7. The van der Waals surface area contributed by atoms with E-state index in [0.717, 1.165) is 36.2 Å². The van der Waals surface area contributed by atoms with Gasteiger partial charge in [-0.2, -0.15) is 13.2 Å². The molecule has 6 rings (SSSR count). The van der Waals surface area contributed by atoms with Crippen LogP contribution in [0.25, 0.3) is 11.3 Å². The molecule has 5 heterocycles. The molecule has 0 aliphatic carbocycles. The number of piperazine rings is 1. The first kappa shape index (κ1) is 28.4. The third-order valence-electron chi connectivity index (χ3n) is 7.74. The van der Waals surface area contributed by atoms with Crippen molar-refractivity contribution in [3.05, 3.63) is 83.0 Å². The number of aryl methyl sites for hydroxylation is 2. The van der Waals surface area contributed by atoms with Crippen molar-refractivity contribution in [1.82, 2.24) is 35.2 Å². The molecule has 1 aromatic carbocycles. The number of anilines is 3. The Labute approximate surface area is 246 Å². The van der Waals surface area contributed by atoms with Gasteiger partial charge in [0, 0.05) is 43.6 Å². The van der Waals surface area contributed by atoms with Crippen molar-refractivity contribution in [2.24, 2.45) is 0 Å². The van der Waals surface area contributed by atoms with Crippen molar-refractivity contribution >= 4 is 34.3 Å². The van der Waals surface area contributed by atoms with Gasteiger partial charge in [-0.3, -0.25) is 29.6 Å². The number of imidazole rings is 1. The van der Waals surface area contributed by atoms with Gasteiger partial charge in [0.1, 0.15) is 0 Å². The molecule has 1 fully saturated rings. The van der Waals surface area contributed by atoms with Gasteiger partial charge >= 0.3 is 6.18 Å². The number of rotatable bonds is 5. The first-order chi connectivity index (χ1) is 20.5. The van der Waals surface area contributed by atoms with E-state index in [9.17, 15) is 18.0 Å². The summed E-state index contributed by atoms with van der Waals surface area (Å²) in [5, 5.41) is 4.45. The fraction of sp³-hybridized carbons (Fsp3) is 0.310. The minimum absolute atomic E-state index is 0.0745. The van der Waals surface area contributed by atoms with Gasteiger partial charge < -0.3 is 15.1 Å². The van der Waals surface area contributed by atoms with Crippen molar-refractivity contribution in [2.45, 2.75) is 26.9 Å². The maximum atomic E-state index is 14.0. The first-order valence-electron chi connectivity index (χ1n) is 13.7.